The lowest BCUT2D eigenvalue weighted by Gasteiger charge is -2.22. The predicted octanol–water partition coefficient (Wildman–Crippen LogP) is 3.79. The van der Waals surface area contributed by atoms with Gasteiger partial charge in [-0.3, -0.25) is 4.99 Å². The zero-order chi connectivity index (χ0) is 22.2. The van der Waals surface area contributed by atoms with Gasteiger partial charge in [0.05, 0.1) is 12.2 Å². The largest absolute Gasteiger partial charge is 0.433 e. The molecule has 1 aliphatic heterocycles. The maximum absolute atomic E-state index is 12.7. The van der Waals surface area contributed by atoms with Gasteiger partial charge in [-0.05, 0) is 25.5 Å². The first-order chi connectivity index (χ1) is 15.0. The van der Waals surface area contributed by atoms with E-state index in [4.69, 9.17) is 4.52 Å². The molecular weight excluding hydrogens is 533 g/mol. The Morgan fingerprint density at radius 3 is 2.81 bits per heavy atom. The van der Waals surface area contributed by atoms with Crippen LogP contribution in [0.1, 0.15) is 44.8 Å². The van der Waals surface area contributed by atoms with Gasteiger partial charge in [0.1, 0.15) is 5.75 Å². The number of ether oxygens (including phenoxy) is 1. The zero-order valence-electron chi connectivity index (χ0n) is 18.6. The Kier molecular flexibility index (Phi) is 10.4. The number of para-hydroxylation sites is 2. The van der Waals surface area contributed by atoms with E-state index in [9.17, 15) is 8.78 Å². The summed E-state index contributed by atoms with van der Waals surface area (Å²) in [5.74, 6) is 2.40. The lowest BCUT2D eigenvalue weighted by molar-refractivity contribution is -0.0495. The molecule has 0 saturated carbocycles. The molecule has 0 radical (unpaired) electrons. The molecule has 0 bridgehead atoms. The number of nitrogens with one attached hydrogen (secondary N) is 2. The van der Waals surface area contributed by atoms with Crippen molar-refractivity contribution in [2.45, 2.75) is 52.2 Å². The van der Waals surface area contributed by atoms with E-state index >= 15 is 0 Å². The van der Waals surface area contributed by atoms with Crippen LogP contribution < -0.4 is 20.3 Å². The van der Waals surface area contributed by atoms with Crippen LogP contribution in [0.15, 0.2) is 33.8 Å². The fraction of sp³-hybridized carbons (Fsp3) is 0.571. The Bertz CT molecular complexity index is 864. The number of anilines is 1. The van der Waals surface area contributed by atoms with Crippen molar-refractivity contribution in [2.24, 2.45) is 4.99 Å². The maximum Gasteiger partial charge on any atom is 0.387 e. The molecule has 1 unspecified atom stereocenters. The van der Waals surface area contributed by atoms with Crippen molar-refractivity contribution in [3.63, 3.8) is 0 Å². The fourth-order valence-electron chi connectivity index (χ4n) is 3.39. The van der Waals surface area contributed by atoms with Crippen molar-refractivity contribution in [3.05, 3.63) is 36.0 Å². The minimum absolute atomic E-state index is 0. The molecule has 2 aromatic rings. The number of benzene rings is 1. The van der Waals surface area contributed by atoms with Crippen molar-refractivity contribution in [1.82, 2.24) is 20.8 Å². The first-order valence-electron chi connectivity index (χ1n) is 10.6. The number of aromatic nitrogens is 2. The maximum atomic E-state index is 12.7. The van der Waals surface area contributed by atoms with Gasteiger partial charge in [-0.15, -0.1) is 24.0 Å². The Balaban J connectivity index is 0.00000363. The van der Waals surface area contributed by atoms with Crippen LogP contribution in [0, 0.1) is 0 Å². The summed E-state index contributed by atoms with van der Waals surface area (Å²) in [5, 5.41) is 10.6. The van der Waals surface area contributed by atoms with Crippen molar-refractivity contribution in [1.29, 1.82) is 0 Å². The van der Waals surface area contributed by atoms with Gasteiger partial charge in [-0.25, -0.2) is 0 Å². The molecule has 1 atom stereocenters. The molecule has 0 amide bonds. The Hall–Kier alpha value is -2.18. The van der Waals surface area contributed by atoms with E-state index in [0.717, 1.165) is 19.5 Å². The van der Waals surface area contributed by atoms with Gasteiger partial charge < -0.3 is 24.8 Å². The highest BCUT2D eigenvalue weighted by Crippen LogP contribution is 2.31. The molecule has 11 heteroatoms. The van der Waals surface area contributed by atoms with Gasteiger partial charge >= 0.3 is 6.61 Å². The number of hydrogen-bond acceptors (Lipinski definition) is 6. The van der Waals surface area contributed by atoms with Crippen LogP contribution in [0.4, 0.5) is 14.5 Å². The summed E-state index contributed by atoms with van der Waals surface area (Å²) in [6, 6.07) is 7.01. The van der Waals surface area contributed by atoms with Crippen LogP contribution in [0.5, 0.6) is 5.75 Å². The number of aliphatic imine (C=N–C) groups is 1. The number of halogens is 3. The first kappa shape index (κ1) is 26.1. The van der Waals surface area contributed by atoms with Gasteiger partial charge in [-0.1, -0.05) is 31.1 Å². The van der Waals surface area contributed by atoms with Crippen LogP contribution >= 0.6 is 24.0 Å². The third-order valence-electron chi connectivity index (χ3n) is 4.89. The number of hydrogen-bond donors (Lipinski definition) is 2. The van der Waals surface area contributed by atoms with Gasteiger partial charge in [0.2, 0.25) is 5.89 Å². The molecule has 3 rings (SSSR count). The standard InChI is InChI=1S/C21H30F2N6O2.HI/c1-4-24-21(25-11-9-18-27-19(14(2)3)28-31-18)26-15-10-12-29(13-15)16-7-5-6-8-17(16)30-20(22)23;/h5-8,14-15,20H,4,9-13H2,1-3H3,(H2,24,25,26);1H. The SMILES string of the molecule is CCNC(=NCCc1nc(C(C)C)no1)NC1CCN(c2ccccc2OC(F)F)C1.I. The molecule has 2 N–H and O–H groups in total. The van der Waals surface area contributed by atoms with E-state index in [1.54, 1.807) is 18.2 Å². The number of rotatable bonds is 9. The second-order valence-electron chi connectivity index (χ2n) is 7.63. The van der Waals surface area contributed by atoms with E-state index in [1.165, 1.54) is 0 Å². The lowest BCUT2D eigenvalue weighted by atomic mass is 10.2. The molecule has 0 aliphatic carbocycles. The normalized spacial score (nSPS) is 16.4. The van der Waals surface area contributed by atoms with E-state index in [2.05, 4.69) is 30.5 Å². The van der Waals surface area contributed by atoms with Crippen molar-refractivity contribution in [3.8, 4) is 5.75 Å². The fourth-order valence-corrected chi connectivity index (χ4v) is 3.39. The summed E-state index contributed by atoms with van der Waals surface area (Å²) in [5.41, 5.74) is 0.673. The zero-order valence-corrected chi connectivity index (χ0v) is 20.9. The predicted molar refractivity (Wildman–Crippen MR) is 130 cm³/mol. The van der Waals surface area contributed by atoms with Crippen LogP contribution in [0.25, 0.3) is 0 Å². The summed E-state index contributed by atoms with van der Waals surface area (Å²) in [6.07, 6.45) is 1.42. The molecule has 2 heterocycles. The summed E-state index contributed by atoms with van der Waals surface area (Å²) in [4.78, 5) is 11.0. The monoisotopic (exact) mass is 564 g/mol. The minimum atomic E-state index is -2.85. The van der Waals surface area contributed by atoms with Gasteiger partial charge in [0, 0.05) is 38.0 Å². The average Bonchev–Trinajstić information content (AvgIpc) is 3.38. The Morgan fingerprint density at radius 1 is 1.34 bits per heavy atom. The van der Waals surface area contributed by atoms with Gasteiger partial charge in [-0.2, -0.15) is 13.8 Å². The molecule has 1 aliphatic rings. The Morgan fingerprint density at radius 2 is 2.12 bits per heavy atom. The molecule has 0 spiro atoms. The molecule has 178 valence electrons. The molecular formula is C21H31F2IN6O2. The highest BCUT2D eigenvalue weighted by atomic mass is 127. The summed E-state index contributed by atoms with van der Waals surface area (Å²) in [6.45, 7) is 5.83. The first-order valence-corrected chi connectivity index (χ1v) is 10.6. The van der Waals surface area contributed by atoms with E-state index in [-0.39, 0.29) is 41.7 Å². The summed E-state index contributed by atoms with van der Waals surface area (Å²) in [7, 11) is 0. The third-order valence-corrected chi connectivity index (χ3v) is 4.89. The highest BCUT2D eigenvalue weighted by molar-refractivity contribution is 14.0. The minimum Gasteiger partial charge on any atom is -0.433 e. The average molecular weight is 564 g/mol. The smallest absolute Gasteiger partial charge is 0.387 e. The lowest BCUT2D eigenvalue weighted by Crippen LogP contribution is -2.44. The van der Waals surface area contributed by atoms with Crippen LogP contribution in [0.2, 0.25) is 0 Å². The van der Waals surface area contributed by atoms with Crippen molar-refractivity contribution in [2.75, 3.05) is 31.1 Å². The second kappa shape index (κ2) is 12.8. The number of guanidine groups is 1. The highest BCUT2D eigenvalue weighted by Gasteiger charge is 2.26. The second-order valence-corrected chi connectivity index (χ2v) is 7.63. The summed E-state index contributed by atoms with van der Waals surface area (Å²) >= 11 is 0. The molecule has 1 aromatic carbocycles. The van der Waals surface area contributed by atoms with Crippen LogP contribution in [-0.4, -0.2) is 54.9 Å². The molecule has 32 heavy (non-hydrogen) atoms. The Labute approximate surface area is 204 Å². The summed E-state index contributed by atoms with van der Waals surface area (Å²) < 4.78 is 35.4. The van der Waals surface area contributed by atoms with E-state index in [0.29, 0.717) is 42.9 Å². The van der Waals surface area contributed by atoms with Crippen molar-refractivity contribution >= 4 is 35.6 Å². The molecule has 1 aromatic heterocycles. The van der Waals surface area contributed by atoms with Crippen LogP contribution in [0.3, 0.4) is 0 Å². The van der Waals surface area contributed by atoms with E-state index < -0.39 is 6.61 Å². The molecule has 8 nitrogen and oxygen atoms in total. The van der Waals surface area contributed by atoms with E-state index in [1.807, 2.05) is 31.7 Å². The topological polar surface area (TPSA) is 87.8 Å². The van der Waals surface area contributed by atoms with Crippen molar-refractivity contribution < 1.29 is 18.0 Å². The van der Waals surface area contributed by atoms with Gasteiger partial charge in [0.15, 0.2) is 11.8 Å². The quantitative estimate of drug-likeness (QED) is 0.272. The van der Waals surface area contributed by atoms with Gasteiger partial charge in [0.25, 0.3) is 0 Å². The molecule has 1 fully saturated rings. The number of nitrogens with zero attached hydrogens (tertiary/aromatic N) is 4. The third kappa shape index (κ3) is 7.45. The number of alkyl halides is 2. The molecule has 1 saturated heterocycles. The van der Waals surface area contributed by atoms with Crippen LogP contribution in [-0.2, 0) is 6.42 Å².